The number of aliphatic hydroxyl groups is 1. The zero-order valence-electron chi connectivity index (χ0n) is 14.4. The van der Waals surface area contributed by atoms with Crippen LogP contribution in [0, 0.1) is 0 Å². The number of allylic oxidation sites excluding steroid dienone is 1. The molecule has 0 saturated carbocycles. The lowest BCUT2D eigenvalue weighted by Gasteiger charge is -2.22. The zero-order chi connectivity index (χ0) is 18.7. The predicted molar refractivity (Wildman–Crippen MR) is 103 cm³/mol. The molecule has 26 heavy (non-hydrogen) atoms. The lowest BCUT2D eigenvalue weighted by molar-refractivity contribution is -0.140. The van der Waals surface area contributed by atoms with E-state index in [1.54, 1.807) is 29.2 Å². The van der Waals surface area contributed by atoms with E-state index in [0.29, 0.717) is 23.6 Å². The molecular formula is C20H20BrNO4. The van der Waals surface area contributed by atoms with Gasteiger partial charge in [0.15, 0.2) is 11.4 Å². The standard InChI is InChI=1S/C20H20BrNO4/c1-2-3-10-22-18-9-6-14(21)12-17(18)20(25,19(22)24)13-15(23)7-8-16-5-4-11-26-16/h4-9,11-12,25H,2-3,10,13H2,1H3/b8-7-/t20-/m0/s1. The van der Waals surface area contributed by atoms with Crippen molar-refractivity contribution in [3.8, 4) is 0 Å². The highest BCUT2D eigenvalue weighted by atomic mass is 79.9. The summed E-state index contributed by atoms with van der Waals surface area (Å²) >= 11 is 3.38. The molecule has 0 spiro atoms. The van der Waals surface area contributed by atoms with Gasteiger partial charge in [0.25, 0.3) is 5.91 Å². The summed E-state index contributed by atoms with van der Waals surface area (Å²) < 4.78 is 5.90. The summed E-state index contributed by atoms with van der Waals surface area (Å²) in [4.78, 5) is 26.9. The van der Waals surface area contributed by atoms with Crippen LogP contribution in [-0.2, 0) is 15.2 Å². The number of nitrogens with zero attached hydrogens (tertiary/aromatic N) is 1. The van der Waals surface area contributed by atoms with E-state index in [4.69, 9.17) is 4.42 Å². The van der Waals surface area contributed by atoms with E-state index in [2.05, 4.69) is 15.9 Å². The van der Waals surface area contributed by atoms with Crippen LogP contribution in [-0.4, -0.2) is 23.3 Å². The molecule has 5 nitrogen and oxygen atoms in total. The fourth-order valence-corrected chi connectivity index (χ4v) is 3.47. The van der Waals surface area contributed by atoms with Crippen molar-refractivity contribution >= 4 is 39.4 Å². The quantitative estimate of drug-likeness (QED) is 0.689. The molecule has 1 N–H and O–H groups in total. The van der Waals surface area contributed by atoms with Crippen molar-refractivity contribution in [1.29, 1.82) is 0 Å². The Morgan fingerprint density at radius 2 is 2.19 bits per heavy atom. The van der Waals surface area contributed by atoms with Crippen LogP contribution in [0.15, 0.2) is 51.6 Å². The van der Waals surface area contributed by atoms with Crippen molar-refractivity contribution in [3.63, 3.8) is 0 Å². The maximum atomic E-state index is 12.9. The average molecular weight is 418 g/mol. The molecule has 0 radical (unpaired) electrons. The number of unbranched alkanes of at least 4 members (excludes halogenated alkanes) is 1. The lowest BCUT2D eigenvalue weighted by atomic mass is 9.90. The van der Waals surface area contributed by atoms with Crippen LogP contribution in [0.2, 0.25) is 0 Å². The molecule has 0 unspecified atom stereocenters. The summed E-state index contributed by atoms with van der Waals surface area (Å²) in [6.07, 6.45) is 5.81. The number of carbonyl (C=O) groups excluding carboxylic acids is 2. The van der Waals surface area contributed by atoms with Crippen LogP contribution < -0.4 is 4.90 Å². The normalized spacial score (nSPS) is 19.3. The van der Waals surface area contributed by atoms with Crippen LogP contribution >= 0.6 is 15.9 Å². The van der Waals surface area contributed by atoms with Gasteiger partial charge in [0.2, 0.25) is 0 Å². The van der Waals surface area contributed by atoms with E-state index in [1.165, 1.54) is 18.4 Å². The number of halogens is 1. The van der Waals surface area contributed by atoms with Gasteiger partial charge in [0.1, 0.15) is 5.76 Å². The summed E-state index contributed by atoms with van der Waals surface area (Å²) in [5.41, 5.74) is -0.720. The number of hydrogen-bond donors (Lipinski definition) is 1. The first-order valence-corrected chi connectivity index (χ1v) is 9.34. The van der Waals surface area contributed by atoms with Gasteiger partial charge >= 0.3 is 0 Å². The van der Waals surface area contributed by atoms with E-state index in [9.17, 15) is 14.7 Å². The molecule has 0 fully saturated rings. The Bertz CT molecular complexity index is 844. The van der Waals surface area contributed by atoms with Gasteiger partial charge in [-0.25, -0.2) is 0 Å². The highest BCUT2D eigenvalue weighted by Gasteiger charge is 2.50. The number of anilines is 1. The fourth-order valence-electron chi connectivity index (χ4n) is 3.10. The summed E-state index contributed by atoms with van der Waals surface area (Å²) in [7, 11) is 0. The van der Waals surface area contributed by atoms with Gasteiger partial charge in [-0.3, -0.25) is 9.59 Å². The predicted octanol–water partition coefficient (Wildman–Crippen LogP) is 4.05. The second-order valence-electron chi connectivity index (χ2n) is 6.32. The van der Waals surface area contributed by atoms with Crippen LogP contribution in [0.5, 0.6) is 0 Å². The molecule has 0 saturated heterocycles. The molecule has 1 aliphatic rings. The summed E-state index contributed by atoms with van der Waals surface area (Å²) in [6.45, 7) is 2.56. The number of carbonyl (C=O) groups is 2. The Labute approximate surface area is 160 Å². The summed E-state index contributed by atoms with van der Waals surface area (Å²) in [5.74, 6) is -0.255. The van der Waals surface area contributed by atoms with Gasteiger partial charge in [-0.2, -0.15) is 0 Å². The first-order valence-electron chi connectivity index (χ1n) is 8.54. The molecule has 2 aromatic rings. The number of ketones is 1. The molecule has 1 atom stereocenters. The smallest absolute Gasteiger partial charge is 0.264 e. The van der Waals surface area contributed by atoms with E-state index in [0.717, 1.165) is 17.3 Å². The van der Waals surface area contributed by atoms with Crippen molar-refractivity contribution in [2.45, 2.75) is 31.8 Å². The molecule has 1 amide bonds. The monoisotopic (exact) mass is 417 g/mol. The second-order valence-corrected chi connectivity index (χ2v) is 7.24. The average Bonchev–Trinajstić information content (AvgIpc) is 3.20. The lowest BCUT2D eigenvalue weighted by Crippen LogP contribution is -2.42. The third kappa shape index (κ3) is 3.52. The van der Waals surface area contributed by atoms with E-state index < -0.39 is 11.5 Å². The van der Waals surface area contributed by atoms with Crippen LogP contribution in [0.25, 0.3) is 6.08 Å². The number of fused-ring (bicyclic) bond motifs is 1. The Morgan fingerprint density at radius 3 is 2.88 bits per heavy atom. The molecule has 1 aliphatic heterocycles. The largest absolute Gasteiger partial charge is 0.465 e. The first-order chi connectivity index (χ1) is 12.5. The number of furan rings is 1. The molecular weight excluding hydrogens is 398 g/mol. The van der Waals surface area contributed by atoms with Gasteiger partial charge in [-0.05, 0) is 48.9 Å². The maximum absolute atomic E-state index is 12.9. The SMILES string of the molecule is CCCCN1C(=O)[C@](O)(CC(=O)/C=C\c2ccco2)c2cc(Br)ccc21. The molecule has 6 heteroatoms. The molecule has 3 rings (SSSR count). The van der Waals surface area contributed by atoms with Gasteiger partial charge in [-0.15, -0.1) is 0 Å². The third-order valence-corrected chi connectivity index (χ3v) is 4.93. The molecule has 0 aliphatic carbocycles. The van der Waals surface area contributed by atoms with Crippen molar-refractivity contribution in [2.24, 2.45) is 0 Å². The van der Waals surface area contributed by atoms with Crippen molar-refractivity contribution in [2.75, 3.05) is 11.4 Å². The maximum Gasteiger partial charge on any atom is 0.264 e. The summed E-state index contributed by atoms with van der Waals surface area (Å²) in [6, 6.07) is 8.78. The van der Waals surface area contributed by atoms with Crippen LogP contribution in [0.1, 0.15) is 37.5 Å². The van der Waals surface area contributed by atoms with Gasteiger partial charge in [0, 0.05) is 16.6 Å². The van der Waals surface area contributed by atoms with Gasteiger partial charge in [-0.1, -0.05) is 29.3 Å². The second kappa shape index (κ2) is 7.60. The Hall–Kier alpha value is -2.18. The molecule has 136 valence electrons. The molecule has 0 bridgehead atoms. The number of rotatable bonds is 7. The van der Waals surface area contributed by atoms with Crippen molar-refractivity contribution in [1.82, 2.24) is 0 Å². The topological polar surface area (TPSA) is 70.8 Å². The van der Waals surface area contributed by atoms with Gasteiger partial charge < -0.3 is 14.4 Å². The number of amides is 1. The van der Waals surface area contributed by atoms with E-state index in [1.807, 2.05) is 13.0 Å². The highest BCUT2D eigenvalue weighted by Crippen LogP contribution is 2.43. The Morgan fingerprint density at radius 1 is 1.38 bits per heavy atom. The highest BCUT2D eigenvalue weighted by molar-refractivity contribution is 9.10. The van der Waals surface area contributed by atoms with Crippen LogP contribution in [0.3, 0.4) is 0 Å². The fraction of sp³-hybridized carbons (Fsp3) is 0.300. The minimum Gasteiger partial charge on any atom is -0.465 e. The zero-order valence-corrected chi connectivity index (χ0v) is 16.0. The van der Waals surface area contributed by atoms with Crippen molar-refractivity contribution in [3.05, 3.63) is 58.5 Å². The van der Waals surface area contributed by atoms with Crippen molar-refractivity contribution < 1.29 is 19.1 Å². The molecule has 2 heterocycles. The van der Waals surface area contributed by atoms with Crippen LogP contribution in [0.4, 0.5) is 5.69 Å². The van der Waals surface area contributed by atoms with Gasteiger partial charge in [0.05, 0.1) is 18.4 Å². The summed E-state index contributed by atoms with van der Waals surface area (Å²) in [5, 5.41) is 11.1. The molecule has 1 aromatic heterocycles. The number of benzene rings is 1. The third-order valence-electron chi connectivity index (χ3n) is 4.44. The Kier molecular flexibility index (Phi) is 5.44. The Balaban J connectivity index is 1.88. The van der Waals surface area contributed by atoms with E-state index in [-0.39, 0.29) is 12.2 Å². The van der Waals surface area contributed by atoms with E-state index >= 15 is 0 Å². The minimum atomic E-state index is -1.85. The minimum absolute atomic E-state index is 0.310. The molecule has 1 aromatic carbocycles. The number of hydrogen-bond acceptors (Lipinski definition) is 4. The first kappa shape index (κ1) is 18.6.